The van der Waals surface area contributed by atoms with Crippen molar-refractivity contribution in [1.29, 1.82) is 0 Å². The van der Waals surface area contributed by atoms with Crippen LogP contribution in [0.3, 0.4) is 0 Å². The summed E-state index contributed by atoms with van der Waals surface area (Å²) in [7, 11) is 0. The molecule has 31 heavy (non-hydrogen) atoms. The topological polar surface area (TPSA) is 83.8 Å². The Hall–Kier alpha value is -4.13. The molecule has 7 heteroatoms. The summed E-state index contributed by atoms with van der Waals surface area (Å²) in [5.74, 6) is 0.484. The molecular weight excluding hydrogens is 397 g/mol. The second kappa shape index (κ2) is 7.60. The van der Waals surface area contributed by atoms with Crippen LogP contribution in [-0.2, 0) is 12.8 Å². The first kappa shape index (κ1) is 18.9. The van der Waals surface area contributed by atoms with Gasteiger partial charge in [0.1, 0.15) is 23.0 Å². The van der Waals surface area contributed by atoms with Crippen LogP contribution in [0.25, 0.3) is 16.9 Å². The van der Waals surface area contributed by atoms with Gasteiger partial charge in [-0.15, -0.1) is 0 Å². The molecule has 0 aliphatic rings. The fourth-order valence-electron chi connectivity index (χ4n) is 3.56. The Morgan fingerprint density at radius 2 is 1.74 bits per heavy atom. The Morgan fingerprint density at radius 1 is 0.903 bits per heavy atom. The van der Waals surface area contributed by atoms with Crippen molar-refractivity contribution in [3.63, 3.8) is 0 Å². The Balaban J connectivity index is 1.66. The van der Waals surface area contributed by atoms with Crippen LogP contribution in [0.15, 0.2) is 77.5 Å². The lowest BCUT2D eigenvalue weighted by Gasteiger charge is -2.09. The van der Waals surface area contributed by atoms with E-state index in [0.29, 0.717) is 46.9 Å². The van der Waals surface area contributed by atoms with Crippen molar-refractivity contribution in [2.45, 2.75) is 12.8 Å². The summed E-state index contributed by atoms with van der Waals surface area (Å²) >= 11 is 0. The summed E-state index contributed by atoms with van der Waals surface area (Å²) in [5, 5.41) is 20.8. The number of phenolic OH excluding ortho intramolecular Hbond substituents is 1. The number of nitrogens with zero attached hydrogens (tertiary/aromatic N) is 3. The van der Waals surface area contributed by atoms with Crippen molar-refractivity contribution in [2.75, 3.05) is 0 Å². The molecule has 2 aromatic carbocycles. The number of rotatable bonds is 5. The van der Waals surface area contributed by atoms with Crippen LogP contribution in [-0.4, -0.2) is 24.6 Å². The number of hydrogen-bond donors (Lipinski definition) is 2. The number of halogens is 1. The zero-order valence-electron chi connectivity index (χ0n) is 16.4. The number of aromatic hydroxyl groups is 2. The molecule has 154 valence electrons. The SMILES string of the molecule is Oc1cccc(-c2cn3c(O)c(Cc4ccco4)nc3c(Cc3ccc(F)cc3)n2)c1. The molecule has 0 unspecified atom stereocenters. The second-order valence-corrected chi connectivity index (χ2v) is 7.26. The molecule has 0 saturated carbocycles. The van der Waals surface area contributed by atoms with Gasteiger partial charge >= 0.3 is 0 Å². The Morgan fingerprint density at radius 3 is 2.48 bits per heavy atom. The smallest absolute Gasteiger partial charge is 0.219 e. The van der Waals surface area contributed by atoms with Crippen LogP contribution in [0, 0.1) is 5.82 Å². The number of phenols is 1. The third-order valence-electron chi connectivity index (χ3n) is 5.07. The highest BCUT2D eigenvalue weighted by Crippen LogP contribution is 2.29. The van der Waals surface area contributed by atoms with Crippen LogP contribution in [0.5, 0.6) is 11.6 Å². The highest BCUT2D eigenvalue weighted by atomic mass is 19.1. The third-order valence-corrected chi connectivity index (χ3v) is 5.07. The predicted octanol–water partition coefficient (Wildman–Crippen LogP) is 4.72. The monoisotopic (exact) mass is 415 g/mol. The highest BCUT2D eigenvalue weighted by Gasteiger charge is 2.18. The highest BCUT2D eigenvalue weighted by molar-refractivity contribution is 5.64. The van der Waals surface area contributed by atoms with E-state index in [9.17, 15) is 14.6 Å². The van der Waals surface area contributed by atoms with Crippen LogP contribution < -0.4 is 0 Å². The lowest BCUT2D eigenvalue weighted by molar-refractivity contribution is 0.438. The molecular formula is C24H18FN3O3. The molecule has 6 nitrogen and oxygen atoms in total. The number of benzene rings is 2. The van der Waals surface area contributed by atoms with Gasteiger partial charge in [-0.05, 0) is 42.0 Å². The van der Waals surface area contributed by atoms with Gasteiger partial charge in [0.25, 0.3) is 0 Å². The molecule has 5 rings (SSSR count). The van der Waals surface area contributed by atoms with Crippen molar-refractivity contribution < 1.29 is 19.0 Å². The zero-order valence-corrected chi connectivity index (χ0v) is 16.4. The van der Waals surface area contributed by atoms with Gasteiger partial charge in [-0.25, -0.2) is 14.4 Å². The van der Waals surface area contributed by atoms with E-state index in [0.717, 1.165) is 5.56 Å². The molecule has 0 radical (unpaired) electrons. The fourth-order valence-corrected chi connectivity index (χ4v) is 3.56. The first-order chi connectivity index (χ1) is 15.1. The lowest BCUT2D eigenvalue weighted by Crippen LogP contribution is -2.01. The Labute approximate surface area is 176 Å². The summed E-state index contributed by atoms with van der Waals surface area (Å²) in [4.78, 5) is 9.38. The molecule has 0 spiro atoms. The molecule has 0 saturated heterocycles. The summed E-state index contributed by atoms with van der Waals surface area (Å²) in [6.45, 7) is 0. The van der Waals surface area contributed by atoms with Gasteiger partial charge in [0.05, 0.1) is 24.1 Å². The van der Waals surface area contributed by atoms with E-state index >= 15 is 0 Å². The van der Waals surface area contributed by atoms with Crippen molar-refractivity contribution in [2.24, 2.45) is 0 Å². The summed E-state index contributed by atoms with van der Waals surface area (Å²) < 4.78 is 20.3. The minimum absolute atomic E-state index is 0.00411. The minimum atomic E-state index is -0.311. The predicted molar refractivity (Wildman–Crippen MR) is 112 cm³/mol. The van der Waals surface area contributed by atoms with Crippen LogP contribution in [0.4, 0.5) is 4.39 Å². The van der Waals surface area contributed by atoms with E-state index < -0.39 is 0 Å². The fraction of sp³-hybridized carbons (Fsp3) is 0.0833. The average molecular weight is 415 g/mol. The number of hydrogen-bond acceptors (Lipinski definition) is 5. The average Bonchev–Trinajstić information content (AvgIpc) is 3.39. The van der Waals surface area contributed by atoms with Crippen molar-refractivity contribution in [1.82, 2.24) is 14.4 Å². The molecule has 0 aliphatic heterocycles. The van der Waals surface area contributed by atoms with Gasteiger partial charge in [-0.1, -0.05) is 24.3 Å². The summed E-state index contributed by atoms with van der Waals surface area (Å²) in [6, 6.07) is 16.5. The molecule has 3 heterocycles. The molecule has 5 aromatic rings. The van der Waals surface area contributed by atoms with E-state index in [1.165, 1.54) is 12.1 Å². The Kier molecular flexibility index (Phi) is 4.63. The van der Waals surface area contributed by atoms with Crippen LogP contribution >= 0.6 is 0 Å². The molecule has 0 aliphatic carbocycles. The van der Waals surface area contributed by atoms with E-state index in [4.69, 9.17) is 9.40 Å². The third kappa shape index (κ3) is 3.73. The van der Waals surface area contributed by atoms with Crippen LogP contribution in [0.2, 0.25) is 0 Å². The standard InChI is InChI=1S/C24H18FN3O3/c25-17-8-6-15(7-9-17)11-20-23-27-21(13-19-5-2-10-31-19)24(30)28(23)14-22(26-20)16-3-1-4-18(29)12-16/h1-10,12,14,29-30H,11,13H2. The van der Waals surface area contributed by atoms with Gasteiger partial charge < -0.3 is 14.6 Å². The first-order valence-electron chi connectivity index (χ1n) is 9.73. The van der Waals surface area contributed by atoms with Gasteiger partial charge in [0.2, 0.25) is 5.88 Å². The van der Waals surface area contributed by atoms with E-state index in [1.54, 1.807) is 53.3 Å². The zero-order chi connectivity index (χ0) is 21.4. The van der Waals surface area contributed by atoms with Gasteiger partial charge in [-0.3, -0.25) is 4.40 Å². The van der Waals surface area contributed by atoms with Gasteiger partial charge in [0.15, 0.2) is 5.65 Å². The number of imidazole rings is 1. The van der Waals surface area contributed by atoms with Gasteiger partial charge in [0, 0.05) is 18.2 Å². The molecule has 0 fully saturated rings. The van der Waals surface area contributed by atoms with E-state index in [2.05, 4.69) is 4.98 Å². The molecule has 0 bridgehead atoms. The maximum absolute atomic E-state index is 13.3. The molecule has 3 aromatic heterocycles. The number of furan rings is 1. The summed E-state index contributed by atoms with van der Waals surface area (Å²) in [6.07, 6.45) is 3.99. The molecule has 0 amide bonds. The molecule has 0 atom stereocenters. The van der Waals surface area contributed by atoms with Gasteiger partial charge in [-0.2, -0.15) is 0 Å². The lowest BCUT2D eigenvalue weighted by atomic mass is 10.1. The summed E-state index contributed by atoms with van der Waals surface area (Å²) in [5.41, 5.74) is 3.71. The maximum Gasteiger partial charge on any atom is 0.219 e. The van der Waals surface area contributed by atoms with Crippen molar-refractivity contribution >= 4 is 5.65 Å². The normalized spacial score (nSPS) is 11.3. The van der Waals surface area contributed by atoms with E-state index in [-0.39, 0.29) is 17.4 Å². The molecule has 2 N–H and O–H groups in total. The first-order valence-corrected chi connectivity index (χ1v) is 9.73. The second-order valence-electron chi connectivity index (χ2n) is 7.26. The number of fused-ring (bicyclic) bond motifs is 1. The van der Waals surface area contributed by atoms with Crippen molar-refractivity contribution in [3.8, 4) is 22.9 Å². The van der Waals surface area contributed by atoms with Crippen LogP contribution in [0.1, 0.15) is 22.7 Å². The quantitative estimate of drug-likeness (QED) is 0.434. The minimum Gasteiger partial charge on any atom is -0.508 e. The largest absolute Gasteiger partial charge is 0.508 e. The number of aromatic nitrogens is 3. The Bertz CT molecular complexity index is 1360. The van der Waals surface area contributed by atoms with Crippen molar-refractivity contribution in [3.05, 3.63) is 102 Å². The maximum atomic E-state index is 13.3. The van der Waals surface area contributed by atoms with E-state index in [1.807, 2.05) is 12.1 Å².